The lowest BCUT2D eigenvalue weighted by Crippen LogP contribution is -2.13. The smallest absolute Gasteiger partial charge is 0.257 e. The van der Waals surface area contributed by atoms with E-state index in [1.807, 2.05) is 18.4 Å². The number of hydrogen-bond acceptors (Lipinski definition) is 4. The lowest BCUT2D eigenvalue weighted by molar-refractivity contribution is 0.102. The molecule has 0 aliphatic carbocycles. The summed E-state index contributed by atoms with van der Waals surface area (Å²) < 4.78 is 0. The molecule has 0 atom stereocenters. The fraction of sp³-hybridized carbons (Fsp3) is 0.0833. The predicted octanol–water partition coefficient (Wildman–Crippen LogP) is 2.58. The Balaban J connectivity index is 2.14. The first-order valence-electron chi connectivity index (χ1n) is 4.91. The third-order valence-electron chi connectivity index (χ3n) is 2.23. The van der Waals surface area contributed by atoms with Gasteiger partial charge in [-0.05, 0) is 30.0 Å². The number of aryl methyl sites for hydroxylation is 1. The van der Waals surface area contributed by atoms with Crippen LogP contribution >= 0.6 is 11.3 Å². The number of thiophene rings is 1. The normalized spacial score (nSPS) is 9.65. The van der Waals surface area contributed by atoms with Crippen LogP contribution < -0.4 is 5.32 Å². The van der Waals surface area contributed by atoms with E-state index in [4.69, 9.17) is 5.26 Å². The first-order chi connectivity index (χ1) is 8.20. The second kappa shape index (κ2) is 4.76. The van der Waals surface area contributed by atoms with Crippen molar-refractivity contribution in [3.05, 3.63) is 45.8 Å². The second-order valence-electron chi connectivity index (χ2n) is 3.47. The minimum absolute atomic E-state index is 0.180. The van der Waals surface area contributed by atoms with Crippen LogP contribution in [0.5, 0.6) is 0 Å². The summed E-state index contributed by atoms with van der Waals surface area (Å²) in [6.45, 7) is 1.89. The Morgan fingerprint density at radius 3 is 2.82 bits per heavy atom. The molecule has 0 aliphatic rings. The molecule has 0 radical (unpaired) electrons. The van der Waals surface area contributed by atoms with Crippen LogP contribution in [0.1, 0.15) is 21.5 Å². The Hall–Kier alpha value is -2.19. The first-order valence-corrected chi connectivity index (χ1v) is 5.85. The van der Waals surface area contributed by atoms with E-state index in [0.29, 0.717) is 16.9 Å². The zero-order valence-electron chi connectivity index (χ0n) is 9.10. The Morgan fingerprint density at radius 2 is 2.29 bits per heavy atom. The maximum absolute atomic E-state index is 11.8. The lowest BCUT2D eigenvalue weighted by atomic mass is 10.2. The number of nitrogens with zero attached hydrogens (tertiary/aromatic N) is 2. The summed E-state index contributed by atoms with van der Waals surface area (Å²) in [6.07, 6.45) is 1.43. The summed E-state index contributed by atoms with van der Waals surface area (Å²) in [7, 11) is 0. The highest BCUT2D eigenvalue weighted by atomic mass is 32.1. The molecular formula is C12H9N3OS. The highest BCUT2D eigenvalue weighted by Crippen LogP contribution is 2.15. The maximum Gasteiger partial charge on any atom is 0.257 e. The molecular weight excluding hydrogens is 234 g/mol. The van der Waals surface area contributed by atoms with Gasteiger partial charge in [-0.15, -0.1) is 0 Å². The molecule has 2 aromatic rings. The topological polar surface area (TPSA) is 65.8 Å². The van der Waals surface area contributed by atoms with E-state index in [0.717, 1.165) is 5.56 Å². The van der Waals surface area contributed by atoms with Gasteiger partial charge in [-0.3, -0.25) is 4.79 Å². The summed E-state index contributed by atoms with van der Waals surface area (Å²) in [5, 5.41) is 15.0. The van der Waals surface area contributed by atoms with Crippen molar-refractivity contribution in [2.45, 2.75) is 6.92 Å². The lowest BCUT2D eigenvalue weighted by Gasteiger charge is -2.03. The molecule has 5 heteroatoms. The van der Waals surface area contributed by atoms with Gasteiger partial charge in [0.15, 0.2) is 0 Å². The van der Waals surface area contributed by atoms with Crippen molar-refractivity contribution in [2.24, 2.45) is 0 Å². The van der Waals surface area contributed by atoms with Gasteiger partial charge >= 0.3 is 0 Å². The third-order valence-corrected chi connectivity index (χ3v) is 3.10. The molecule has 4 nitrogen and oxygen atoms in total. The van der Waals surface area contributed by atoms with Crippen LogP contribution in [0.2, 0.25) is 0 Å². The Kier molecular flexibility index (Phi) is 3.17. The van der Waals surface area contributed by atoms with Crippen LogP contribution in [-0.4, -0.2) is 10.9 Å². The fourth-order valence-electron chi connectivity index (χ4n) is 1.31. The second-order valence-corrected chi connectivity index (χ2v) is 4.21. The van der Waals surface area contributed by atoms with E-state index < -0.39 is 0 Å². The van der Waals surface area contributed by atoms with Gasteiger partial charge in [0.25, 0.3) is 5.91 Å². The molecule has 0 bridgehead atoms. The van der Waals surface area contributed by atoms with Crippen LogP contribution in [0.15, 0.2) is 29.1 Å². The van der Waals surface area contributed by atoms with Crippen LogP contribution in [0.3, 0.4) is 0 Å². The van der Waals surface area contributed by atoms with E-state index >= 15 is 0 Å². The largest absolute Gasteiger partial charge is 0.307 e. The van der Waals surface area contributed by atoms with Crippen molar-refractivity contribution in [2.75, 3.05) is 5.32 Å². The minimum atomic E-state index is -0.180. The number of hydrogen-bond donors (Lipinski definition) is 1. The van der Waals surface area contributed by atoms with Gasteiger partial charge in [0.05, 0.1) is 11.1 Å². The van der Waals surface area contributed by atoms with Gasteiger partial charge in [0, 0.05) is 11.6 Å². The van der Waals surface area contributed by atoms with E-state index in [-0.39, 0.29) is 5.91 Å². The molecule has 84 valence electrons. The molecule has 0 saturated heterocycles. The monoisotopic (exact) mass is 243 g/mol. The summed E-state index contributed by atoms with van der Waals surface area (Å²) in [5.41, 5.74) is 2.07. The van der Waals surface area contributed by atoms with Gasteiger partial charge < -0.3 is 5.32 Å². The predicted molar refractivity (Wildman–Crippen MR) is 66.0 cm³/mol. The van der Waals surface area contributed by atoms with Crippen molar-refractivity contribution in [1.29, 1.82) is 5.26 Å². The van der Waals surface area contributed by atoms with Gasteiger partial charge in [0.1, 0.15) is 11.9 Å². The number of carbonyl (C=O) groups is 1. The van der Waals surface area contributed by atoms with Crippen LogP contribution in [0, 0.1) is 18.3 Å². The molecule has 0 fully saturated rings. The number of amides is 1. The molecule has 2 aromatic heterocycles. The molecule has 1 N–H and O–H groups in total. The third kappa shape index (κ3) is 2.49. The fourth-order valence-corrected chi connectivity index (χ4v) is 2.14. The minimum Gasteiger partial charge on any atom is -0.307 e. The number of anilines is 1. The molecule has 0 saturated carbocycles. The standard InChI is InChI=1S/C12H9N3OS/c1-8-6-17-7-10(8)12(16)15-11-3-2-9(4-13)5-14-11/h2-3,5-7H,1H3,(H,14,15,16). The van der Waals surface area contributed by atoms with Crippen molar-refractivity contribution in [3.8, 4) is 6.07 Å². The molecule has 2 rings (SSSR count). The Morgan fingerprint density at radius 1 is 1.47 bits per heavy atom. The average molecular weight is 243 g/mol. The number of rotatable bonds is 2. The number of nitriles is 1. The Labute approximate surface area is 103 Å². The number of carbonyl (C=O) groups excluding carboxylic acids is 1. The van der Waals surface area contributed by atoms with Crippen molar-refractivity contribution in [1.82, 2.24) is 4.98 Å². The number of aromatic nitrogens is 1. The quantitative estimate of drug-likeness (QED) is 0.881. The summed E-state index contributed by atoms with van der Waals surface area (Å²) in [6, 6.07) is 5.19. The SMILES string of the molecule is Cc1cscc1C(=O)Nc1ccc(C#N)cn1. The van der Waals surface area contributed by atoms with Crippen molar-refractivity contribution in [3.63, 3.8) is 0 Å². The van der Waals surface area contributed by atoms with E-state index in [2.05, 4.69) is 10.3 Å². The molecule has 17 heavy (non-hydrogen) atoms. The first kappa shape index (κ1) is 11.3. The van der Waals surface area contributed by atoms with Crippen molar-refractivity contribution < 1.29 is 4.79 Å². The molecule has 2 heterocycles. The van der Waals surface area contributed by atoms with Crippen LogP contribution in [0.25, 0.3) is 0 Å². The molecule has 1 amide bonds. The summed E-state index contributed by atoms with van der Waals surface area (Å²) >= 11 is 1.49. The summed E-state index contributed by atoms with van der Waals surface area (Å²) in [5.74, 6) is 0.264. The van der Waals surface area contributed by atoms with E-state index in [9.17, 15) is 4.79 Å². The summed E-state index contributed by atoms with van der Waals surface area (Å²) in [4.78, 5) is 15.8. The van der Waals surface area contributed by atoms with E-state index in [1.165, 1.54) is 17.5 Å². The van der Waals surface area contributed by atoms with Crippen LogP contribution in [0.4, 0.5) is 5.82 Å². The highest BCUT2D eigenvalue weighted by molar-refractivity contribution is 7.08. The Bertz CT molecular complexity index is 581. The highest BCUT2D eigenvalue weighted by Gasteiger charge is 2.10. The van der Waals surface area contributed by atoms with Crippen molar-refractivity contribution >= 4 is 23.1 Å². The number of nitrogens with one attached hydrogen (secondary N) is 1. The molecule has 0 aliphatic heterocycles. The van der Waals surface area contributed by atoms with Gasteiger partial charge in [0.2, 0.25) is 0 Å². The van der Waals surface area contributed by atoms with Gasteiger partial charge in [-0.25, -0.2) is 4.98 Å². The maximum atomic E-state index is 11.8. The molecule has 0 aromatic carbocycles. The zero-order chi connectivity index (χ0) is 12.3. The average Bonchev–Trinajstić information content (AvgIpc) is 2.76. The zero-order valence-corrected chi connectivity index (χ0v) is 9.91. The van der Waals surface area contributed by atoms with E-state index in [1.54, 1.807) is 17.5 Å². The van der Waals surface area contributed by atoms with Gasteiger partial charge in [-0.1, -0.05) is 0 Å². The number of pyridine rings is 1. The molecule has 0 spiro atoms. The van der Waals surface area contributed by atoms with Gasteiger partial charge in [-0.2, -0.15) is 16.6 Å². The van der Waals surface area contributed by atoms with Crippen LogP contribution in [-0.2, 0) is 0 Å². The molecule has 0 unspecified atom stereocenters.